The third-order valence-corrected chi connectivity index (χ3v) is 3.67. The summed E-state index contributed by atoms with van der Waals surface area (Å²) < 4.78 is 23.0. The van der Waals surface area contributed by atoms with E-state index >= 15 is 0 Å². The molecule has 0 aliphatic carbocycles. The van der Waals surface area contributed by atoms with Gasteiger partial charge in [-0.2, -0.15) is 5.26 Å². The Bertz CT molecular complexity index is 777. The van der Waals surface area contributed by atoms with E-state index in [9.17, 15) is 13.5 Å². The Kier molecular flexibility index (Phi) is 3.23. The van der Waals surface area contributed by atoms with Crippen molar-refractivity contribution in [2.45, 2.75) is 4.90 Å². The Morgan fingerprint density at radius 2 is 2.05 bits per heavy atom. The summed E-state index contributed by atoms with van der Waals surface area (Å²) in [6.45, 7) is 0. The fourth-order valence-corrected chi connectivity index (χ4v) is 2.29. The topological polar surface area (TPSA) is 91.1 Å². The molecule has 0 bridgehead atoms. The molecule has 0 atom stereocenters. The number of phenolic OH excluding ortho intramolecular Hbond substituents is 1. The molecule has 19 heavy (non-hydrogen) atoms. The molecule has 1 heterocycles. The molecule has 2 aromatic rings. The Hall–Kier alpha value is -2.39. The molecule has 1 N–H and O–H groups in total. The monoisotopic (exact) mass is 274 g/mol. The van der Waals surface area contributed by atoms with Crippen molar-refractivity contribution in [3.05, 3.63) is 42.2 Å². The molecule has 0 saturated carbocycles. The van der Waals surface area contributed by atoms with Crippen LogP contribution in [0.2, 0.25) is 0 Å². The summed E-state index contributed by atoms with van der Waals surface area (Å²) in [6.07, 6.45) is 3.71. The molecule has 5 nitrogen and oxygen atoms in total. The number of hydrogen-bond acceptors (Lipinski definition) is 5. The van der Waals surface area contributed by atoms with Crippen LogP contribution < -0.4 is 0 Å². The lowest BCUT2D eigenvalue weighted by Gasteiger charge is -2.07. The molecule has 0 amide bonds. The van der Waals surface area contributed by atoms with Crippen LogP contribution in [0.5, 0.6) is 5.75 Å². The zero-order chi connectivity index (χ0) is 14.0. The van der Waals surface area contributed by atoms with E-state index in [1.807, 2.05) is 6.07 Å². The third-order valence-electron chi connectivity index (χ3n) is 2.59. The first-order chi connectivity index (χ1) is 8.93. The second-order valence-corrected chi connectivity index (χ2v) is 6.01. The molecule has 1 aromatic heterocycles. The van der Waals surface area contributed by atoms with Gasteiger partial charge in [0.05, 0.1) is 16.5 Å². The fraction of sp³-hybridized carbons (Fsp3) is 0.0769. The molecule has 1 aromatic carbocycles. The minimum absolute atomic E-state index is 0.0390. The summed E-state index contributed by atoms with van der Waals surface area (Å²) in [7, 11) is -3.39. The number of nitrogens with zero attached hydrogens (tertiary/aromatic N) is 2. The molecule has 96 valence electrons. The standard InChI is InChI=1S/C13H10N2O3S/c1-19(17,18)11-5-10(7-15-8-11)13-9(6-14)3-2-4-12(13)16/h2-5,7-8,16H,1H3. The maximum atomic E-state index is 11.5. The average molecular weight is 274 g/mol. The largest absolute Gasteiger partial charge is 0.507 e. The van der Waals surface area contributed by atoms with E-state index in [4.69, 9.17) is 5.26 Å². The lowest BCUT2D eigenvalue weighted by Crippen LogP contribution is -1.98. The van der Waals surface area contributed by atoms with Gasteiger partial charge in [0.15, 0.2) is 9.84 Å². The SMILES string of the molecule is CS(=O)(=O)c1cncc(-c2c(O)cccc2C#N)c1. The van der Waals surface area contributed by atoms with Crippen molar-refractivity contribution in [1.82, 2.24) is 4.98 Å². The molecular weight excluding hydrogens is 264 g/mol. The number of pyridine rings is 1. The third kappa shape index (κ3) is 2.56. The Morgan fingerprint density at radius 3 is 2.68 bits per heavy atom. The van der Waals surface area contributed by atoms with Crippen molar-refractivity contribution in [2.24, 2.45) is 0 Å². The van der Waals surface area contributed by atoms with Crippen molar-refractivity contribution in [1.29, 1.82) is 5.26 Å². The van der Waals surface area contributed by atoms with Crippen molar-refractivity contribution < 1.29 is 13.5 Å². The second kappa shape index (κ2) is 4.71. The van der Waals surface area contributed by atoms with Gasteiger partial charge in [-0.1, -0.05) is 6.07 Å². The van der Waals surface area contributed by atoms with E-state index < -0.39 is 9.84 Å². The van der Waals surface area contributed by atoms with Crippen LogP contribution in [-0.2, 0) is 9.84 Å². The lowest BCUT2D eigenvalue weighted by molar-refractivity contribution is 0.477. The first-order valence-electron chi connectivity index (χ1n) is 5.31. The van der Waals surface area contributed by atoms with Gasteiger partial charge in [-0.15, -0.1) is 0 Å². The van der Waals surface area contributed by atoms with E-state index in [1.54, 1.807) is 12.1 Å². The Morgan fingerprint density at radius 1 is 1.32 bits per heavy atom. The minimum atomic E-state index is -3.39. The van der Waals surface area contributed by atoms with E-state index in [-0.39, 0.29) is 21.8 Å². The van der Waals surface area contributed by atoms with Crippen LogP contribution in [0.1, 0.15) is 5.56 Å². The molecule has 0 spiro atoms. The van der Waals surface area contributed by atoms with Crippen LogP contribution in [0.3, 0.4) is 0 Å². The molecular formula is C13H10N2O3S. The highest BCUT2D eigenvalue weighted by Gasteiger charge is 2.14. The Labute approximate surface area is 110 Å². The highest BCUT2D eigenvalue weighted by molar-refractivity contribution is 7.90. The number of benzene rings is 1. The first-order valence-corrected chi connectivity index (χ1v) is 7.20. The van der Waals surface area contributed by atoms with Gasteiger partial charge >= 0.3 is 0 Å². The van der Waals surface area contributed by atoms with Crippen LogP contribution in [-0.4, -0.2) is 24.8 Å². The predicted molar refractivity (Wildman–Crippen MR) is 69.2 cm³/mol. The van der Waals surface area contributed by atoms with Crippen molar-refractivity contribution in [3.8, 4) is 22.9 Å². The van der Waals surface area contributed by atoms with Gasteiger partial charge in [-0.05, 0) is 18.2 Å². The van der Waals surface area contributed by atoms with Crippen LogP contribution in [0.15, 0.2) is 41.6 Å². The van der Waals surface area contributed by atoms with Gasteiger partial charge < -0.3 is 5.11 Å². The van der Waals surface area contributed by atoms with Gasteiger partial charge in [-0.3, -0.25) is 4.98 Å². The smallest absolute Gasteiger partial charge is 0.177 e. The van der Waals surface area contributed by atoms with Crippen LogP contribution >= 0.6 is 0 Å². The van der Waals surface area contributed by atoms with Crippen molar-refractivity contribution >= 4 is 9.84 Å². The van der Waals surface area contributed by atoms with Crippen molar-refractivity contribution in [3.63, 3.8) is 0 Å². The predicted octanol–water partition coefficient (Wildman–Crippen LogP) is 1.73. The van der Waals surface area contributed by atoms with Crippen LogP contribution in [0.4, 0.5) is 0 Å². The molecule has 0 fully saturated rings. The van der Waals surface area contributed by atoms with E-state index in [0.29, 0.717) is 5.56 Å². The normalized spacial score (nSPS) is 10.9. The number of aromatic nitrogens is 1. The molecule has 2 rings (SSSR count). The highest BCUT2D eigenvalue weighted by atomic mass is 32.2. The zero-order valence-electron chi connectivity index (χ0n) is 10.0. The quantitative estimate of drug-likeness (QED) is 0.900. The minimum Gasteiger partial charge on any atom is -0.507 e. The number of sulfone groups is 1. The maximum absolute atomic E-state index is 11.5. The van der Waals surface area contributed by atoms with E-state index in [0.717, 1.165) is 6.26 Å². The van der Waals surface area contributed by atoms with Crippen LogP contribution in [0, 0.1) is 11.3 Å². The number of hydrogen-bond donors (Lipinski definition) is 1. The number of rotatable bonds is 2. The summed E-state index contributed by atoms with van der Waals surface area (Å²) in [5, 5.41) is 18.9. The number of phenols is 1. The van der Waals surface area contributed by atoms with Crippen LogP contribution in [0.25, 0.3) is 11.1 Å². The highest BCUT2D eigenvalue weighted by Crippen LogP contribution is 2.32. The van der Waals surface area contributed by atoms with Gasteiger partial charge in [0.25, 0.3) is 0 Å². The zero-order valence-corrected chi connectivity index (χ0v) is 10.8. The summed E-state index contributed by atoms with van der Waals surface area (Å²) in [4.78, 5) is 3.88. The molecule has 0 unspecified atom stereocenters. The fourth-order valence-electron chi connectivity index (χ4n) is 1.70. The lowest BCUT2D eigenvalue weighted by atomic mass is 10.0. The summed E-state index contributed by atoms with van der Waals surface area (Å²) in [6, 6.07) is 7.87. The first kappa shape index (κ1) is 13.1. The second-order valence-electron chi connectivity index (χ2n) is 3.99. The number of nitriles is 1. The maximum Gasteiger partial charge on any atom is 0.177 e. The van der Waals surface area contributed by atoms with E-state index in [1.165, 1.54) is 24.5 Å². The summed E-state index contributed by atoms with van der Waals surface area (Å²) in [5.41, 5.74) is 0.924. The molecule has 0 aliphatic rings. The summed E-state index contributed by atoms with van der Waals surface area (Å²) in [5.74, 6) is -0.0912. The van der Waals surface area contributed by atoms with Gasteiger partial charge in [-0.25, -0.2) is 8.42 Å². The van der Waals surface area contributed by atoms with Gasteiger partial charge in [0, 0.05) is 29.8 Å². The molecule has 6 heteroatoms. The van der Waals surface area contributed by atoms with E-state index in [2.05, 4.69) is 4.98 Å². The van der Waals surface area contributed by atoms with Crippen molar-refractivity contribution in [2.75, 3.05) is 6.26 Å². The molecule has 0 radical (unpaired) electrons. The van der Waals surface area contributed by atoms with Gasteiger partial charge in [0.1, 0.15) is 5.75 Å². The molecule has 0 aliphatic heterocycles. The average Bonchev–Trinajstić information content (AvgIpc) is 2.37. The molecule has 0 saturated heterocycles. The van der Waals surface area contributed by atoms with Gasteiger partial charge in [0.2, 0.25) is 0 Å². The summed E-state index contributed by atoms with van der Waals surface area (Å²) >= 11 is 0. The number of aromatic hydroxyl groups is 1. The Balaban J connectivity index is 2.71.